The van der Waals surface area contributed by atoms with Crippen molar-refractivity contribution in [1.82, 2.24) is 20.6 Å². The number of rotatable bonds is 6. The molecule has 1 aliphatic rings. The normalized spacial score (nSPS) is 19.3. The number of nitrogens with zero attached hydrogens (tertiary/aromatic N) is 2. The minimum atomic E-state index is -0.188. The monoisotopic (exact) mass is 388 g/mol. The predicted molar refractivity (Wildman–Crippen MR) is 103 cm³/mol. The molecule has 2 N–H and O–H groups in total. The zero-order chi connectivity index (χ0) is 19.2. The van der Waals surface area contributed by atoms with Gasteiger partial charge in [0.1, 0.15) is 5.56 Å². The Morgan fingerprint density at radius 3 is 2.74 bits per heavy atom. The molecule has 0 saturated heterocycles. The number of aromatic nitrogens is 2. The van der Waals surface area contributed by atoms with E-state index in [1.807, 2.05) is 12.3 Å². The molecule has 1 saturated carbocycles. The van der Waals surface area contributed by atoms with Crippen molar-refractivity contribution in [2.75, 3.05) is 7.11 Å². The highest BCUT2D eigenvalue weighted by molar-refractivity contribution is 7.09. The smallest absolute Gasteiger partial charge is 0.256 e. The topological polar surface area (TPSA) is 93.2 Å². The van der Waals surface area contributed by atoms with E-state index < -0.39 is 0 Å². The maximum absolute atomic E-state index is 12.5. The van der Waals surface area contributed by atoms with Gasteiger partial charge in [-0.15, -0.1) is 11.3 Å². The van der Waals surface area contributed by atoms with Crippen LogP contribution in [0.5, 0.6) is 5.88 Å². The van der Waals surface area contributed by atoms with E-state index in [2.05, 4.69) is 20.6 Å². The molecule has 0 atom stereocenters. The number of carbonyl (C=O) groups excluding carboxylic acids is 2. The van der Waals surface area contributed by atoms with Crippen LogP contribution in [0.15, 0.2) is 23.7 Å². The molecule has 2 amide bonds. The number of aryl methyl sites for hydroxylation is 1. The molecular formula is C19H24N4O3S. The van der Waals surface area contributed by atoms with Gasteiger partial charge in [-0.25, -0.2) is 9.97 Å². The molecule has 144 valence electrons. The fourth-order valence-corrected chi connectivity index (χ4v) is 3.91. The lowest BCUT2D eigenvalue weighted by Gasteiger charge is -2.28. The molecule has 1 fully saturated rings. The van der Waals surface area contributed by atoms with Gasteiger partial charge in [-0.2, -0.15) is 0 Å². The summed E-state index contributed by atoms with van der Waals surface area (Å²) in [7, 11) is 1.50. The Bertz CT molecular complexity index is 800. The van der Waals surface area contributed by atoms with Crippen molar-refractivity contribution < 1.29 is 14.3 Å². The quantitative estimate of drug-likeness (QED) is 0.793. The summed E-state index contributed by atoms with van der Waals surface area (Å²) in [6.07, 6.45) is 4.67. The second-order valence-corrected chi connectivity index (χ2v) is 7.72. The lowest BCUT2D eigenvalue weighted by Crippen LogP contribution is -2.40. The van der Waals surface area contributed by atoms with E-state index in [9.17, 15) is 9.59 Å². The largest absolute Gasteiger partial charge is 0.480 e. The summed E-state index contributed by atoms with van der Waals surface area (Å²) < 4.78 is 5.14. The molecule has 0 spiro atoms. The predicted octanol–water partition coefficient (Wildman–Crippen LogP) is 2.46. The van der Waals surface area contributed by atoms with Crippen LogP contribution in [0.1, 0.15) is 46.7 Å². The number of thiazole rings is 1. The third kappa shape index (κ3) is 5.03. The molecule has 3 rings (SSSR count). The molecule has 1 aliphatic carbocycles. The SMILES string of the molecule is COc1ncccc1C(=O)NC1CCC(C(=O)NCc2csc(C)n2)CC1. The van der Waals surface area contributed by atoms with Gasteiger partial charge in [-0.3, -0.25) is 9.59 Å². The van der Waals surface area contributed by atoms with Gasteiger partial charge in [0.15, 0.2) is 0 Å². The molecule has 0 aliphatic heterocycles. The van der Waals surface area contributed by atoms with Gasteiger partial charge in [-0.05, 0) is 44.7 Å². The van der Waals surface area contributed by atoms with Crippen LogP contribution in [0.2, 0.25) is 0 Å². The summed E-state index contributed by atoms with van der Waals surface area (Å²) in [4.78, 5) is 33.2. The Kier molecular flexibility index (Phi) is 6.39. The molecule has 7 nitrogen and oxygen atoms in total. The van der Waals surface area contributed by atoms with E-state index in [1.54, 1.807) is 29.7 Å². The zero-order valence-electron chi connectivity index (χ0n) is 15.5. The number of amides is 2. The zero-order valence-corrected chi connectivity index (χ0v) is 16.3. The number of methoxy groups -OCH3 is 1. The van der Waals surface area contributed by atoms with Gasteiger partial charge in [-0.1, -0.05) is 0 Å². The molecule has 2 aromatic rings. The molecule has 0 aromatic carbocycles. The molecule has 0 unspecified atom stereocenters. The van der Waals surface area contributed by atoms with Crippen LogP contribution in [0.25, 0.3) is 0 Å². The highest BCUT2D eigenvalue weighted by Gasteiger charge is 2.27. The summed E-state index contributed by atoms with van der Waals surface area (Å²) in [5.74, 6) is 0.192. The van der Waals surface area contributed by atoms with Crippen molar-refractivity contribution in [2.24, 2.45) is 5.92 Å². The Morgan fingerprint density at radius 2 is 2.07 bits per heavy atom. The van der Waals surface area contributed by atoms with Crippen LogP contribution >= 0.6 is 11.3 Å². The minimum absolute atomic E-state index is 0.00851. The first kappa shape index (κ1) is 19.3. The summed E-state index contributed by atoms with van der Waals surface area (Å²) in [5.41, 5.74) is 1.33. The first-order valence-electron chi connectivity index (χ1n) is 9.05. The van der Waals surface area contributed by atoms with Crippen LogP contribution in [0.3, 0.4) is 0 Å². The summed E-state index contributed by atoms with van der Waals surface area (Å²) >= 11 is 1.58. The average molecular weight is 388 g/mol. The molecule has 8 heteroatoms. The molecule has 0 bridgehead atoms. The van der Waals surface area contributed by atoms with Crippen molar-refractivity contribution in [3.8, 4) is 5.88 Å². The van der Waals surface area contributed by atoms with Gasteiger partial charge in [0.2, 0.25) is 11.8 Å². The van der Waals surface area contributed by atoms with E-state index in [4.69, 9.17) is 4.74 Å². The minimum Gasteiger partial charge on any atom is -0.480 e. The van der Waals surface area contributed by atoms with Gasteiger partial charge in [0, 0.05) is 23.5 Å². The fourth-order valence-electron chi connectivity index (χ4n) is 3.30. The van der Waals surface area contributed by atoms with Gasteiger partial charge < -0.3 is 15.4 Å². The lowest BCUT2D eigenvalue weighted by atomic mass is 9.85. The van der Waals surface area contributed by atoms with E-state index >= 15 is 0 Å². The van der Waals surface area contributed by atoms with Crippen molar-refractivity contribution in [1.29, 1.82) is 0 Å². The van der Waals surface area contributed by atoms with Crippen molar-refractivity contribution in [3.63, 3.8) is 0 Å². The average Bonchev–Trinajstić information content (AvgIpc) is 3.11. The third-order valence-corrected chi connectivity index (χ3v) is 5.57. The van der Waals surface area contributed by atoms with Crippen LogP contribution in [0.4, 0.5) is 0 Å². The van der Waals surface area contributed by atoms with Gasteiger partial charge in [0.25, 0.3) is 5.91 Å². The van der Waals surface area contributed by atoms with Crippen LogP contribution < -0.4 is 15.4 Å². The van der Waals surface area contributed by atoms with E-state index in [0.717, 1.165) is 36.4 Å². The summed E-state index contributed by atoms with van der Waals surface area (Å²) in [5, 5.41) is 8.97. The van der Waals surface area contributed by atoms with Crippen LogP contribution in [-0.4, -0.2) is 34.9 Å². The summed E-state index contributed by atoms with van der Waals surface area (Å²) in [6.45, 7) is 2.42. The Labute approximate surface area is 162 Å². The van der Waals surface area contributed by atoms with E-state index in [0.29, 0.717) is 18.0 Å². The molecule has 2 heterocycles. The first-order chi connectivity index (χ1) is 13.1. The first-order valence-corrected chi connectivity index (χ1v) is 9.93. The standard InChI is InChI=1S/C19H24N4O3S/c1-12-22-15(11-27-12)10-21-17(24)13-5-7-14(8-6-13)23-18(25)16-4-3-9-20-19(16)26-2/h3-4,9,11,13-14H,5-8,10H2,1-2H3,(H,21,24)(H,23,25). The lowest BCUT2D eigenvalue weighted by molar-refractivity contribution is -0.126. The third-order valence-electron chi connectivity index (χ3n) is 4.75. The number of pyridine rings is 1. The maximum Gasteiger partial charge on any atom is 0.256 e. The van der Waals surface area contributed by atoms with Gasteiger partial charge >= 0.3 is 0 Å². The summed E-state index contributed by atoms with van der Waals surface area (Å²) in [6, 6.07) is 3.47. The van der Waals surface area contributed by atoms with E-state index in [1.165, 1.54) is 7.11 Å². The van der Waals surface area contributed by atoms with Crippen molar-refractivity contribution in [3.05, 3.63) is 40.0 Å². The molecule has 27 heavy (non-hydrogen) atoms. The molecular weight excluding hydrogens is 364 g/mol. The van der Waals surface area contributed by atoms with Crippen LogP contribution in [0, 0.1) is 12.8 Å². The van der Waals surface area contributed by atoms with Crippen LogP contribution in [-0.2, 0) is 11.3 Å². The number of hydrogen-bond donors (Lipinski definition) is 2. The Morgan fingerprint density at radius 1 is 1.30 bits per heavy atom. The van der Waals surface area contributed by atoms with Crippen molar-refractivity contribution >= 4 is 23.2 Å². The molecule has 0 radical (unpaired) electrons. The molecule has 2 aromatic heterocycles. The number of hydrogen-bond acceptors (Lipinski definition) is 6. The van der Waals surface area contributed by atoms with Gasteiger partial charge in [0.05, 0.1) is 24.4 Å². The highest BCUT2D eigenvalue weighted by Crippen LogP contribution is 2.25. The number of ether oxygens (including phenoxy) is 1. The Balaban J connectivity index is 1.45. The number of carbonyl (C=O) groups is 2. The second-order valence-electron chi connectivity index (χ2n) is 6.66. The highest BCUT2D eigenvalue weighted by atomic mass is 32.1. The fraction of sp³-hybridized carbons (Fsp3) is 0.474. The second kappa shape index (κ2) is 8.94. The van der Waals surface area contributed by atoms with Crippen molar-refractivity contribution in [2.45, 2.75) is 45.2 Å². The number of nitrogens with one attached hydrogen (secondary N) is 2. The Hall–Kier alpha value is -2.48. The van der Waals surface area contributed by atoms with E-state index in [-0.39, 0.29) is 23.8 Å². The maximum atomic E-state index is 12.5.